The van der Waals surface area contributed by atoms with E-state index < -0.39 is 0 Å². The third-order valence-electron chi connectivity index (χ3n) is 2.36. The molecule has 3 nitrogen and oxygen atoms in total. The van der Waals surface area contributed by atoms with Gasteiger partial charge in [0.1, 0.15) is 0 Å². The Bertz CT molecular complexity index is 351. The molecule has 0 aliphatic rings. The monoisotopic (exact) mass is 218 g/mol. The summed E-state index contributed by atoms with van der Waals surface area (Å²) in [6.45, 7) is 4.38. The average Bonchev–Trinajstić information content (AvgIpc) is 2.28. The lowest BCUT2D eigenvalue weighted by Gasteiger charge is -2.19. The van der Waals surface area contributed by atoms with Crippen LogP contribution in [0.3, 0.4) is 0 Å². The van der Waals surface area contributed by atoms with E-state index in [4.69, 9.17) is 5.26 Å². The summed E-state index contributed by atoms with van der Waals surface area (Å²) in [5.41, 5.74) is 1.59. The Balaban J connectivity index is 2.60. The van der Waals surface area contributed by atoms with Crippen LogP contribution in [0.1, 0.15) is 25.8 Å². The average molecular weight is 218 g/mol. The van der Waals surface area contributed by atoms with Crippen molar-refractivity contribution in [3.8, 4) is 6.07 Å². The third kappa shape index (κ3) is 3.92. The van der Waals surface area contributed by atoms with Crippen molar-refractivity contribution in [2.24, 2.45) is 5.92 Å². The lowest BCUT2D eigenvalue weighted by molar-refractivity contribution is 0.259. The number of nitriles is 1. The first-order valence-corrected chi connectivity index (χ1v) is 5.53. The fourth-order valence-electron chi connectivity index (χ4n) is 1.62. The van der Waals surface area contributed by atoms with E-state index in [0.717, 1.165) is 12.1 Å². The number of nitrogens with one attached hydrogen (secondary N) is 1. The minimum Gasteiger partial charge on any atom is -0.394 e. The predicted molar refractivity (Wildman–Crippen MR) is 65.1 cm³/mol. The molecule has 0 bridgehead atoms. The van der Waals surface area contributed by atoms with E-state index in [1.807, 2.05) is 12.1 Å². The van der Waals surface area contributed by atoms with E-state index in [1.165, 1.54) is 0 Å². The molecule has 0 radical (unpaired) electrons. The summed E-state index contributed by atoms with van der Waals surface area (Å²) in [7, 11) is 0. The van der Waals surface area contributed by atoms with E-state index in [2.05, 4.69) is 25.2 Å². The lowest BCUT2D eigenvalue weighted by atomic mass is 10.0. The van der Waals surface area contributed by atoms with Gasteiger partial charge in [-0.1, -0.05) is 13.8 Å². The van der Waals surface area contributed by atoms with Crippen LogP contribution in [0.4, 0.5) is 5.69 Å². The Kier molecular flexibility index (Phi) is 4.81. The summed E-state index contributed by atoms with van der Waals surface area (Å²) in [4.78, 5) is 0. The van der Waals surface area contributed by atoms with Gasteiger partial charge in [-0.05, 0) is 36.6 Å². The van der Waals surface area contributed by atoms with Crippen LogP contribution in [0.2, 0.25) is 0 Å². The molecule has 0 aromatic heterocycles. The first-order valence-electron chi connectivity index (χ1n) is 5.53. The van der Waals surface area contributed by atoms with Crippen molar-refractivity contribution in [2.75, 3.05) is 11.9 Å². The minimum absolute atomic E-state index is 0.0768. The molecular formula is C13H18N2O. The van der Waals surface area contributed by atoms with Crippen molar-refractivity contribution < 1.29 is 5.11 Å². The Hall–Kier alpha value is -1.53. The molecule has 16 heavy (non-hydrogen) atoms. The van der Waals surface area contributed by atoms with Crippen molar-refractivity contribution in [2.45, 2.75) is 26.3 Å². The van der Waals surface area contributed by atoms with Gasteiger partial charge in [0.25, 0.3) is 0 Å². The van der Waals surface area contributed by atoms with Crippen molar-refractivity contribution in [1.29, 1.82) is 5.26 Å². The van der Waals surface area contributed by atoms with Crippen LogP contribution in [0.5, 0.6) is 0 Å². The maximum absolute atomic E-state index is 9.22. The van der Waals surface area contributed by atoms with Crippen molar-refractivity contribution in [1.82, 2.24) is 0 Å². The molecule has 2 N–H and O–H groups in total. The standard InChI is InChI=1S/C13H18N2O/c1-10(2)7-13(9-16)15-12-5-3-11(8-14)4-6-12/h3-6,10,13,15-16H,7,9H2,1-2H3. The topological polar surface area (TPSA) is 56.0 Å². The second-order valence-corrected chi connectivity index (χ2v) is 4.34. The molecule has 0 amide bonds. The molecule has 0 spiro atoms. The van der Waals surface area contributed by atoms with Gasteiger partial charge in [0, 0.05) is 11.7 Å². The molecule has 1 atom stereocenters. The number of benzene rings is 1. The molecule has 3 heteroatoms. The fraction of sp³-hybridized carbons (Fsp3) is 0.462. The Labute approximate surface area is 96.7 Å². The number of aliphatic hydroxyl groups excluding tert-OH is 1. The summed E-state index contributed by atoms with van der Waals surface area (Å²) >= 11 is 0. The van der Waals surface area contributed by atoms with Gasteiger partial charge in [0.05, 0.1) is 18.2 Å². The summed E-state index contributed by atoms with van der Waals surface area (Å²) in [5.74, 6) is 0.544. The van der Waals surface area contributed by atoms with Gasteiger partial charge < -0.3 is 10.4 Å². The molecule has 1 aromatic rings. The molecule has 0 aliphatic heterocycles. The molecule has 0 fully saturated rings. The highest BCUT2D eigenvalue weighted by atomic mass is 16.3. The molecule has 86 valence electrons. The lowest BCUT2D eigenvalue weighted by Crippen LogP contribution is -2.25. The Morgan fingerprint density at radius 1 is 1.31 bits per heavy atom. The van der Waals surface area contributed by atoms with Gasteiger partial charge in [-0.15, -0.1) is 0 Å². The van der Waals surface area contributed by atoms with Gasteiger partial charge in [-0.25, -0.2) is 0 Å². The number of hydrogen-bond donors (Lipinski definition) is 2. The van der Waals surface area contributed by atoms with Crippen LogP contribution in [0.25, 0.3) is 0 Å². The van der Waals surface area contributed by atoms with Crippen LogP contribution >= 0.6 is 0 Å². The van der Waals surface area contributed by atoms with Gasteiger partial charge in [0.2, 0.25) is 0 Å². The summed E-state index contributed by atoms with van der Waals surface area (Å²) in [6.07, 6.45) is 0.927. The fourth-order valence-corrected chi connectivity index (χ4v) is 1.62. The van der Waals surface area contributed by atoms with Gasteiger partial charge in [-0.3, -0.25) is 0 Å². The Morgan fingerprint density at radius 3 is 2.38 bits per heavy atom. The number of aliphatic hydroxyl groups is 1. The van der Waals surface area contributed by atoms with Crippen LogP contribution in [-0.2, 0) is 0 Å². The number of hydrogen-bond acceptors (Lipinski definition) is 3. The predicted octanol–water partition coefficient (Wildman–Crippen LogP) is 2.38. The van der Waals surface area contributed by atoms with E-state index in [9.17, 15) is 5.11 Å². The highest BCUT2D eigenvalue weighted by Crippen LogP contribution is 2.13. The molecule has 0 saturated carbocycles. The number of rotatable bonds is 5. The van der Waals surface area contributed by atoms with Crippen LogP contribution in [0, 0.1) is 17.2 Å². The van der Waals surface area contributed by atoms with Gasteiger partial charge >= 0.3 is 0 Å². The normalized spacial score (nSPS) is 12.2. The van der Waals surface area contributed by atoms with E-state index >= 15 is 0 Å². The van der Waals surface area contributed by atoms with Crippen LogP contribution in [-0.4, -0.2) is 17.8 Å². The summed E-state index contributed by atoms with van der Waals surface area (Å²) < 4.78 is 0. The minimum atomic E-state index is 0.0768. The molecule has 0 heterocycles. The molecule has 1 unspecified atom stereocenters. The molecule has 1 aromatic carbocycles. The third-order valence-corrected chi connectivity index (χ3v) is 2.36. The van der Waals surface area contributed by atoms with E-state index in [0.29, 0.717) is 11.5 Å². The first kappa shape index (κ1) is 12.5. The molecular weight excluding hydrogens is 200 g/mol. The second kappa shape index (κ2) is 6.14. The zero-order chi connectivity index (χ0) is 12.0. The summed E-state index contributed by atoms with van der Waals surface area (Å²) in [6, 6.07) is 9.42. The van der Waals surface area contributed by atoms with Crippen molar-refractivity contribution >= 4 is 5.69 Å². The Morgan fingerprint density at radius 2 is 1.94 bits per heavy atom. The first-order chi connectivity index (χ1) is 7.65. The quantitative estimate of drug-likeness (QED) is 0.797. The zero-order valence-electron chi connectivity index (χ0n) is 9.77. The molecule has 1 rings (SSSR count). The largest absolute Gasteiger partial charge is 0.394 e. The van der Waals surface area contributed by atoms with E-state index in [1.54, 1.807) is 12.1 Å². The maximum Gasteiger partial charge on any atom is 0.0991 e. The smallest absolute Gasteiger partial charge is 0.0991 e. The van der Waals surface area contributed by atoms with Crippen molar-refractivity contribution in [3.63, 3.8) is 0 Å². The SMILES string of the molecule is CC(C)CC(CO)Nc1ccc(C#N)cc1. The highest BCUT2D eigenvalue weighted by Gasteiger charge is 2.09. The molecule has 0 aliphatic carbocycles. The maximum atomic E-state index is 9.22. The van der Waals surface area contributed by atoms with Crippen LogP contribution < -0.4 is 5.32 Å². The highest BCUT2D eigenvalue weighted by molar-refractivity contribution is 5.47. The second-order valence-electron chi connectivity index (χ2n) is 4.34. The van der Waals surface area contributed by atoms with Crippen LogP contribution in [0.15, 0.2) is 24.3 Å². The number of anilines is 1. The zero-order valence-corrected chi connectivity index (χ0v) is 9.77. The van der Waals surface area contributed by atoms with Gasteiger partial charge in [-0.2, -0.15) is 5.26 Å². The number of nitrogens with zero attached hydrogens (tertiary/aromatic N) is 1. The molecule has 0 saturated heterocycles. The van der Waals surface area contributed by atoms with E-state index in [-0.39, 0.29) is 12.6 Å². The summed E-state index contributed by atoms with van der Waals surface area (Å²) in [5, 5.41) is 21.1. The van der Waals surface area contributed by atoms with Crippen molar-refractivity contribution in [3.05, 3.63) is 29.8 Å². The van der Waals surface area contributed by atoms with Gasteiger partial charge in [0.15, 0.2) is 0 Å².